The summed E-state index contributed by atoms with van der Waals surface area (Å²) in [6, 6.07) is 0.372. The molecule has 0 bridgehead atoms. The van der Waals surface area contributed by atoms with Crippen molar-refractivity contribution in [3.63, 3.8) is 0 Å². The number of carbonyl (C=O) groups is 1. The number of likely N-dealkylation sites (tertiary alicyclic amines) is 1. The van der Waals surface area contributed by atoms with Crippen molar-refractivity contribution in [3.8, 4) is 0 Å². The van der Waals surface area contributed by atoms with Crippen molar-refractivity contribution in [1.29, 1.82) is 0 Å². The average molecular weight is 242 g/mol. The third-order valence-electron chi connectivity index (χ3n) is 2.62. The standard InChI is InChI=1S/C9H14N4O2S/c1-12-3-2-7(4-12)13-6-10-11-9(13)16-5-8(14)15/h6-7H,2-5H2,1H3,(H,14,15). The SMILES string of the molecule is CN1CCC(n2cnnc2SCC(=O)O)C1. The van der Waals surface area contributed by atoms with Crippen molar-refractivity contribution in [2.45, 2.75) is 17.6 Å². The van der Waals surface area contributed by atoms with E-state index in [2.05, 4.69) is 22.1 Å². The molecule has 0 aromatic carbocycles. The lowest BCUT2D eigenvalue weighted by Crippen LogP contribution is -2.16. The molecule has 7 heteroatoms. The van der Waals surface area contributed by atoms with Gasteiger partial charge in [0.05, 0.1) is 11.8 Å². The van der Waals surface area contributed by atoms with E-state index in [1.807, 2.05) is 4.57 Å². The Hall–Kier alpha value is -1.08. The highest BCUT2D eigenvalue weighted by atomic mass is 32.2. The molecule has 0 saturated carbocycles. The van der Waals surface area contributed by atoms with Crippen molar-refractivity contribution < 1.29 is 9.90 Å². The van der Waals surface area contributed by atoms with Crippen molar-refractivity contribution in [3.05, 3.63) is 6.33 Å². The van der Waals surface area contributed by atoms with E-state index in [1.54, 1.807) is 6.33 Å². The third kappa shape index (κ3) is 2.53. The highest BCUT2D eigenvalue weighted by Crippen LogP contribution is 2.25. The first-order valence-electron chi connectivity index (χ1n) is 5.09. The predicted molar refractivity (Wildman–Crippen MR) is 59.5 cm³/mol. The van der Waals surface area contributed by atoms with E-state index in [-0.39, 0.29) is 5.75 Å². The molecule has 1 aromatic rings. The van der Waals surface area contributed by atoms with E-state index >= 15 is 0 Å². The second-order valence-electron chi connectivity index (χ2n) is 3.91. The Morgan fingerprint density at radius 1 is 1.75 bits per heavy atom. The quantitative estimate of drug-likeness (QED) is 0.767. The summed E-state index contributed by atoms with van der Waals surface area (Å²) in [5.74, 6) is -0.801. The summed E-state index contributed by atoms with van der Waals surface area (Å²) in [6.07, 6.45) is 2.75. The van der Waals surface area contributed by atoms with Gasteiger partial charge in [0.25, 0.3) is 0 Å². The molecule has 1 atom stereocenters. The first-order valence-corrected chi connectivity index (χ1v) is 6.08. The summed E-state index contributed by atoms with van der Waals surface area (Å²) in [4.78, 5) is 12.7. The number of hydrogen-bond donors (Lipinski definition) is 1. The average Bonchev–Trinajstić information content (AvgIpc) is 2.82. The van der Waals surface area contributed by atoms with Crippen molar-refractivity contribution >= 4 is 17.7 Å². The lowest BCUT2D eigenvalue weighted by atomic mass is 10.3. The van der Waals surface area contributed by atoms with Gasteiger partial charge in [-0.15, -0.1) is 10.2 Å². The molecule has 0 amide bonds. The minimum Gasteiger partial charge on any atom is -0.481 e. The van der Waals surface area contributed by atoms with Crippen LogP contribution in [0.3, 0.4) is 0 Å². The molecule has 1 unspecified atom stereocenters. The Morgan fingerprint density at radius 3 is 3.19 bits per heavy atom. The first-order chi connectivity index (χ1) is 7.66. The molecule has 1 aliphatic heterocycles. The van der Waals surface area contributed by atoms with Gasteiger partial charge in [0, 0.05) is 6.54 Å². The highest BCUT2D eigenvalue weighted by Gasteiger charge is 2.23. The van der Waals surface area contributed by atoms with E-state index in [4.69, 9.17) is 5.11 Å². The number of aromatic nitrogens is 3. The Kier molecular flexibility index (Phi) is 3.45. The minimum atomic E-state index is -0.830. The van der Waals surface area contributed by atoms with Gasteiger partial charge in [-0.25, -0.2) is 0 Å². The second-order valence-corrected chi connectivity index (χ2v) is 4.85. The molecule has 6 nitrogen and oxygen atoms in total. The van der Waals surface area contributed by atoms with Gasteiger partial charge in [0.15, 0.2) is 5.16 Å². The first kappa shape index (κ1) is 11.4. The van der Waals surface area contributed by atoms with Crippen molar-refractivity contribution in [1.82, 2.24) is 19.7 Å². The summed E-state index contributed by atoms with van der Waals surface area (Å²) in [6.45, 7) is 2.03. The van der Waals surface area contributed by atoms with Crippen LogP contribution in [0.2, 0.25) is 0 Å². The number of thioether (sulfide) groups is 1. The van der Waals surface area contributed by atoms with Crippen LogP contribution in [0.4, 0.5) is 0 Å². The predicted octanol–water partition coefficient (Wildman–Crippen LogP) is 0.331. The molecular formula is C9H14N4O2S. The number of nitrogens with zero attached hydrogens (tertiary/aromatic N) is 4. The topological polar surface area (TPSA) is 71.2 Å². The molecule has 1 fully saturated rings. The van der Waals surface area contributed by atoms with Gasteiger partial charge in [-0.05, 0) is 20.0 Å². The Morgan fingerprint density at radius 2 is 2.56 bits per heavy atom. The van der Waals surface area contributed by atoms with Gasteiger partial charge in [0.2, 0.25) is 0 Å². The molecule has 16 heavy (non-hydrogen) atoms. The number of carboxylic acid groups (broad SMARTS) is 1. The van der Waals surface area contributed by atoms with Crippen LogP contribution in [0.5, 0.6) is 0 Å². The number of rotatable bonds is 4. The molecule has 2 rings (SSSR count). The summed E-state index contributed by atoms with van der Waals surface area (Å²) in [7, 11) is 2.08. The van der Waals surface area contributed by atoms with Gasteiger partial charge in [0.1, 0.15) is 6.33 Å². The lowest BCUT2D eigenvalue weighted by Gasteiger charge is -2.13. The Labute approximate surface area is 97.6 Å². The van der Waals surface area contributed by atoms with Gasteiger partial charge in [-0.3, -0.25) is 4.79 Å². The summed E-state index contributed by atoms with van der Waals surface area (Å²) < 4.78 is 1.98. The molecule has 0 spiro atoms. The second kappa shape index (κ2) is 4.84. The normalized spacial score (nSPS) is 21.4. The zero-order valence-electron chi connectivity index (χ0n) is 9.04. The molecule has 0 aliphatic carbocycles. The molecular weight excluding hydrogens is 228 g/mol. The van der Waals surface area contributed by atoms with Crippen LogP contribution in [-0.2, 0) is 4.79 Å². The number of aliphatic carboxylic acids is 1. The van der Waals surface area contributed by atoms with Crippen LogP contribution in [0.1, 0.15) is 12.5 Å². The molecule has 88 valence electrons. The molecule has 0 radical (unpaired) electrons. The van der Waals surface area contributed by atoms with E-state index in [0.29, 0.717) is 11.2 Å². The molecule has 1 N–H and O–H groups in total. The van der Waals surface area contributed by atoms with E-state index in [0.717, 1.165) is 19.5 Å². The molecule has 1 aromatic heterocycles. The third-order valence-corrected chi connectivity index (χ3v) is 3.57. The monoisotopic (exact) mass is 242 g/mol. The van der Waals surface area contributed by atoms with Crippen LogP contribution in [0, 0.1) is 0 Å². The van der Waals surface area contributed by atoms with Crippen LogP contribution in [0.25, 0.3) is 0 Å². The Bertz CT molecular complexity index is 381. The van der Waals surface area contributed by atoms with E-state index in [1.165, 1.54) is 11.8 Å². The van der Waals surface area contributed by atoms with Crippen LogP contribution < -0.4 is 0 Å². The molecule has 1 aliphatic rings. The van der Waals surface area contributed by atoms with Gasteiger partial charge in [-0.2, -0.15) is 0 Å². The largest absolute Gasteiger partial charge is 0.481 e. The number of likely N-dealkylation sites (N-methyl/N-ethyl adjacent to an activating group) is 1. The summed E-state index contributed by atoms with van der Waals surface area (Å²) in [5.41, 5.74) is 0. The van der Waals surface area contributed by atoms with E-state index < -0.39 is 5.97 Å². The van der Waals surface area contributed by atoms with Gasteiger partial charge < -0.3 is 14.6 Å². The zero-order valence-corrected chi connectivity index (χ0v) is 9.85. The minimum absolute atomic E-state index is 0.0290. The summed E-state index contributed by atoms with van der Waals surface area (Å²) >= 11 is 1.22. The van der Waals surface area contributed by atoms with Crippen LogP contribution >= 0.6 is 11.8 Å². The van der Waals surface area contributed by atoms with Crippen LogP contribution in [0.15, 0.2) is 11.5 Å². The number of hydrogen-bond acceptors (Lipinski definition) is 5. The smallest absolute Gasteiger partial charge is 0.313 e. The fourth-order valence-corrected chi connectivity index (χ4v) is 2.55. The van der Waals surface area contributed by atoms with Gasteiger partial charge >= 0.3 is 5.97 Å². The number of carboxylic acids is 1. The lowest BCUT2D eigenvalue weighted by molar-refractivity contribution is -0.133. The Balaban J connectivity index is 2.04. The fourth-order valence-electron chi connectivity index (χ4n) is 1.85. The van der Waals surface area contributed by atoms with Crippen molar-refractivity contribution in [2.75, 3.05) is 25.9 Å². The van der Waals surface area contributed by atoms with Crippen molar-refractivity contribution in [2.24, 2.45) is 0 Å². The maximum Gasteiger partial charge on any atom is 0.313 e. The van der Waals surface area contributed by atoms with Gasteiger partial charge in [-0.1, -0.05) is 11.8 Å². The zero-order chi connectivity index (χ0) is 11.5. The molecule has 1 saturated heterocycles. The fraction of sp³-hybridized carbons (Fsp3) is 0.667. The maximum atomic E-state index is 10.5. The van der Waals surface area contributed by atoms with E-state index in [9.17, 15) is 4.79 Å². The maximum absolute atomic E-state index is 10.5. The highest BCUT2D eigenvalue weighted by molar-refractivity contribution is 7.99. The summed E-state index contributed by atoms with van der Waals surface area (Å²) in [5, 5.41) is 17.1. The van der Waals surface area contributed by atoms with Crippen LogP contribution in [-0.4, -0.2) is 56.6 Å². The molecule has 2 heterocycles.